The Morgan fingerprint density at radius 1 is 1.40 bits per heavy atom. The van der Waals surface area contributed by atoms with Crippen molar-refractivity contribution in [3.8, 4) is 0 Å². The van der Waals surface area contributed by atoms with Crippen molar-refractivity contribution in [1.82, 2.24) is 5.32 Å². The number of hydrogen-bond donors (Lipinski definition) is 1. The first-order chi connectivity index (χ1) is 9.84. The highest BCUT2D eigenvalue weighted by Crippen LogP contribution is 2.28. The molecule has 1 fully saturated rings. The fourth-order valence-electron chi connectivity index (χ4n) is 2.69. The lowest BCUT2D eigenvalue weighted by Crippen LogP contribution is -2.25. The number of rotatable bonds is 9. The molecule has 1 aromatic heterocycles. The second-order valence-electron chi connectivity index (χ2n) is 5.52. The van der Waals surface area contributed by atoms with Crippen molar-refractivity contribution in [2.24, 2.45) is 5.92 Å². The van der Waals surface area contributed by atoms with E-state index >= 15 is 0 Å². The molecular weight excluding hydrogens is 254 g/mol. The van der Waals surface area contributed by atoms with Crippen LogP contribution in [0.15, 0.2) is 22.8 Å². The Bertz CT molecular complexity index is 369. The molecule has 1 amide bonds. The van der Waals surface area contributed by atoms with Gasteiger partial charge in [0.2, 0.25) is 5.91 Å². The molecule has 1 heterocycles. The molecule has 0 radical (unpaired) electrons. The molecule has 0 aromatic carbocycles. The smallest absolute Gasteiger partial charge is 0.220 e. The Hall–Kier alpha value is -1.29. The number of carbonyl (C=O) groups is 1. The van der Waals surface area contributed by atoms with E-state index in [0.29, 0.717) is 26.2 Å². The zero-order valence-corrected chi connectivity index (χ0v) is 12.1. The molecule has 1 aliphatic carbocycles. The van der Waals surface area contributed by atoms with Crippen molar-refractivity contribution >= 4 is 5.91 Å². The first kappa shape index (κ1) is 15.1. The van der Waals surface area contributed by atoms with Crippen LogP contribution < -0.4 is 5.32 Å². The fourth-order valence-corrected chi connectivity index (χ4v) is 2.69. The maximum atomic E-state index is 11.7. The summed E-state index contributed by atoms with van der Waals surface area (Å²) in [6.07, 6.45) is 9.54. The van der Waals surface area contributed by atoms with Crippen molar-refractivity contribution in [2.75, 3.05) is 13.2 Å². The Balaban J connectivity index is 1.41. The van der Waals surface area contributed by atoms with Gasteiger partial charge in [-0.05, 0) is 30.9 Å². The predicted octanol–water partition coefficient (Wildman–Crippen LogP) is 3.27. The van der Waals surface area contributed by atoms with Gasteiger partial charge in [-0.2, -0.15) is 0 Å². The summed E-state index contributed by atoms with van der Waals surface area (Å²) < 4.78 is 10.6. The molecule has 0 spiro atoms. The lowest BCUT2D eigenvalue weighted by molar-refractivity contribution is -0.121. The summed E-state index contributed by atoms with van der Waals surface area (Å²) >= 11 is 0. The van der Waals surface area contributed by atoms with E-state index < -0.39 is 0 Å². The van der Waals surface area contributed by atoms with Crippen molar-refractivity contribution < 1.29 is 13.9 Å². The van der Waals surface area contributed by atoms with Gasteiger partial charge in [-0.1, -0.05) is 25.7 Å². The number of furan rings is 1. The predicted molar refractivity (Wildman–Crippen MR) is 77.2 cm³/mol. The average molecular weight is 279 g/mol. The maximum Gasteiger partial charge on any atom is 0.220 e. The van der Waals surface area contributed by atoms with Crippen LogP contribution in [0, 0.1) is 5.92 Å². The summed E-state index contributed by atoms with van der Waals surface area (Å²) in [5, 5.41) is 2.96. The first-order valence-corrected chi connectivity index (χ1v) is 7.71. The largest absolute Gasteiger partial charge is 0.467 e. The number of carbonyl (C=O) groups excluding carboxylic acids is 1. The normalized spacial score (nSPS) is 15.6. The van der Waals surface area contributed by atoms with Crippen LogP contribution in [0.5, 0.6) is 0 Å². The molecule has 2 rings (SSSR count). The molecule has 0 atom stereocenters. The van der Waals surface area contributed by atoms with E-state index in [1.807, 2.05) is 12.1 Å². The molecule has 1 aromatic rings. The molecule has 1 aliphatic rings. The Morgan fingerprint density at radius 2 is 2.25 bits per heavy atom. The van der Waals surface area contributed by atoms with Crippen molar-refractivity contribution in [2.45, 2.75) is 51.6 Å². The molecule has 0 aliphatic heterocycles. The molecule has 0 bridgehead atoms. The highest BCUT2D eigenvalue weighted by Gasteiger charge is 2.15. The van der Waals surface area contributed by atoms with Gasteiger partial charge in [0, 0.05) is 19.6 Å². The second kappa shape index (κ2) is 8.80. The number of amides is 1. The van der Waals surface area contributed by atoms with E-state index in [1.54, 1.807) is 6.26 Å². The number of ether oxygens (including phenoxy) is 1. The van der Waals surface area contributed by atoms with Crippen LogP contribution in [-0.2, 0) is 16.1 Å². The van der Waals surface area contributed by atoms with Crippen LogP contribution >= 0.6 is 0 Å². The Morgan fingerprint density at radius 3 is 3.00 bits per heavy atom. The zero-order chi connectivity index (χ0) is 14.0. The van der Waals surface area contributed by atoms with Gasteiger partial charge in [-0.3, -0.25) is 4.79 Å². The highest BCUT2D eigenvalue weighted by atomic mass is 16.5. The standard InChI is InChI=1S/C16H25NO3/c18-16(9-8-14-5-1-2-6-14)17-10-4-11-19-13-15-7-3-12-20-15/h3,7,12,14H,1-2,4-6,8-11,13H2,(H,17,18). The first-order valence-electron chi connectivity index (χ1n) is 7.71. The van der Waals surface area contributed by atoms with Crippen LogP contribution in [0.25, 0.3) is 0 Å². The van der Waals surface area contributed by atoms with Crippen molar-refractivity contribution in [1.29, 1.82) is 0 Å². The van der Waals surface area contributed by atoms with E-state index in [-0.39, 0.29) is 5.91 Å². The van der Waals surface area contributed by atoms with Crippen LogP contribution in [0.3, 0.4) is 0 Å². The number of hydrogen-bond acceptors (Lipinski definition) is 3. The summed E-state index contributed by atoms with van der Waals surface area (Å²) in [5.74, 6) is 1.81. The summed E-state index contributed by atoms with van der Waals surface area (Å²) in [6, 6.07) is 3.74. The van der Waals surface area contributed by atoms with Crippen molar-refractivity contribution in [3.63, 3.8) is 0 Å². The topological polar surface area (TPSA) is 51.5 Å². The van der Waals surface area contributed by atoms with Gasteiger partial charge in [0.05, 0.1) is 6.26 Å². The lowest BCUT2D eigenvalue weighted by atomic mass is 10.0. The van der Waals surface area contributed by atoms with Crippen LogP contribution in [0.2, 0.25) is 0 Å². The minimum Gasteiger partial charge on any atom is -0.467 e. The minimum absolute atomic E-state index is 0.183. The third-order valence-corrected chi connectivity index (χ3v) is 3.87. The molecule has 0 saturated heterocycles. The Kier molecular flexibility index (Phi) is 6.64. The summed E-state index contributed by atoms with van der Waals surface area (Å²) in [4.78, 5) is 11.7. The van der Waals surface area contributed by atoms with Gasteiger partial charge in [0.15, 0.2) is 0 Å². The molecular formula is C16H25NO3. The highest BCUT2D eigenvalue weighted by molar-refractivity contribution is 5.75. The lowest BCUT2D eigenvalue weighted by Gasteiger charge is -2.09. The van der Waals surface area contributed by atoms with E-state index in [0.717, 1.165) is 24.5 Å². The van der Waals surface area contributed by atoms with Gasteiger partial charge in [-0.25, -0.2) is 0 Å². The number of nitrogens with one attached hydrogen (secondary N) is 1. The van der Waals surface area contributed by atoms with Gasteiger partial charge in [0.1, 0.15) is 12.4 Å². The molecule has 20 heavy (non-hydrogen) atoms. The van der Waals surface area contributed by atoms with E-state index in [2.05, 4.69) is 5.32 Å². The summed E-state index contributed by atoms with van der Waals surface area (Å²) in [7, 11) is 0. The van der Waals surface area contributed by atoms with Gasteiger partial charge < -0.3 is 14.5 Å². The molecule has 1 N–H and O–H groups in total. The molecule has 4 heteroatoms. The summed E-state index contributed by atoms with van der Waals surface area (Å²) in [5.41, 5.74) is 0. The van der Waals surface area contributed by atoms with E-state index in [4.69, 9.17) is 9.15 Å². The van der Waals surface area contributed by atoms with E-state index in [1.165, 1.54) is 25.7 Å². The molecule has 112 valence electrons. The van der Waals surface area contributed by atoms with Gasteiger partial charge in [0.25, 0.3) is 0 Å². The minimum atomic E-state index is 0.183. The van der Waals surface area contributed by atoms with Gasteiger partial charge >= 0.3 is 0 Å². The SMILES string of the molecule is O=C(CCC1CCCC1)NCCCOCc1ccco1. The average Bonchev–Trinajstić information content (AvgIpc) is 3.13. The summed E-state index contributed by atoms with van der Waals surface area (Å²) in [6.45, 7) is 1.84. The molecule has 1 saturated carbocycles. The van der Waals surface area contributed by atoms with Crippen LogP contribution in [-0.4, -0.2) is 19.1 Å². The molecule has 4 nitrogen and oxygen atoms in total. The monoisotopic (exact) mass is 279 g/mol. The van der Waals surface area contributed by atoms with Crippen LogP contribution in [0.1, 0.15) is 50.7 Å². The van der Waals surface area contributed by atoms with Crippen molar-refractivity contribution in [3.05, 3.63) is 24.2 Å². The Labute approximate surface area is 120 Å². The van der Waals surface area contributed by atoms with Crippen LogP contribution in [0.4, 0.5) is 0 Å². The van der Waals surface area contributed by atoms with Gasteiger partial charge in [-0.15, -0.1) is 0 Å². The molecule has 0 unspecified atom stereocenters. The fraction of sp³-hybridized carbons (Fsp3) is 0.688. The third kappa shape index (κ3) is 5.78. The maximum absolute atomic E-state index is 11.7. The van der Waals surface area contributed by atoms with E-state index in [9.17, 15) is 4.79 Å². The second-order valence-corrected chi connectivity index (χ2v) is 5.52. The zero-order valence-electron chi connectivity index (χ0n) is 12.1. The quantitative estimate of drug-likeness (QED) is 0.706. The third-order valence-electron chi connectivity index (χ3n) is 3.87.